The van der Waals surface area contributed by atoms with Crippen LogP contribution in [0.5, 0.6) is 0 Å². The molecular weight excluding hydrogens is 843 g/mol. The molecule has 0 unspecified atom stereocenters. The van der Waals surface area contributed by atoms with Crippen molar-refractivity contribution in [3.8, 4) is 0 Å². The predicted octanol–water partition coefficient (Wildman–Crippen LogP) is 16.6. The summed E-state index contributed by atoms with van der Waals surface area (Å²) in [4.78, 5) is 30.5. The first-order chi connectivity index (χ1) is 32.7. The summed E-state index contributed by atoms with van der Waals surface area (Å²) in [6.07, 6.45) is 42.9. The van der Waals surface area contributed by atoms with Gasteiger partial charge in [-0.15, -0.1) is 0 Å². The van der Waals surface area contributed by atoms with Gasteiger partial charge in [-0.05, 0) is 89.1 Å². The molecule has 1 aliphatic rings. The molecule has 0 aromatic carbocycles. The van der Waals surface area contributed by atoms with Crippen molar-refractivity contribution < 1.29 is 33.0 Å². The van der Waals surface area contributed by atoms with E-state index in [-0.39, 0.29) is 37.4 Å². The monoisotopic (exact) mass is 955 g/mol. The van der Waals surface area contributed by atoms with Crippen LogP contribution in [0.3, 0.4) is 0 Å². The van der Waals surface area contributed by atoms with Gasteiger partial charge in [0.1, 0.15) is 0 Å². The molecule has 0 aromatic rings. The van der Waals surface area contributed by atoms with Gasteiger partial charge >= 0.3 is 11.9 Å². The number of carbonyl (C=O) groups excluding carboxylic acids is 2. The maximum absolute atomic E-state index is 14.0. The largest absolute Gasteiger partial charge is 0.465 e. The normalized spacial score (nSPS) is 14.3. The maximum Gasteiger partial charge on any atom is 0.305 e. The van der Waals surface area contributed by atoms with Gasteiger partial charge < -0.3 is 19.5 Å². The molecule has 0 saturated heterocycles. The van der Waals surface area contributed by atoms with E-state index < -0.39 is 5.92 Å². The van der Waals surface area contributed by atoms with Crippen molar-refractivity contribution in [3.63, 3.8) is 0 Å². The number of aliphatic hydroxyl groups excluding tert-OH is 1. The predicted molar refractivity (Wildman–Crippen MR) is 280 cm³/mol. The Morgan fingerprint density at radius 2 is 0.821 bits per heavy atom. The van der Waals surface area contributed by atoms with Crippen LogP contribution in [0.1, 0.15) is 285 Å². The van der Waals surface area contributed by atoms with E-state index in [1.54, 1.807) is 0 Å². The van der Waals surface area contributed by atoms with E-state index in [4.69, 9.17) is 9.47 Å². The maximum atomic E-state index is 14.0. The minimum Gasteiger partial charge on any atom is -0.465 e. The third kappa shape index (κ3) is 39.0. The van der Waals surface area contributed by atoms with Gasteiger partial charge in [-0.25, -0.2) is 8.78 Å². The molecule has 1 saturated carbocycles. The number of rotatable bonds is 50. The molecule has 1 N–H and O–H groups in total. The fourth-order valence-electron chi connectivity index (χ4n) is 10.2. The summed E-state index contributed by atoms with van der Waals surface area (Å²) in [5.41, 5.74) is 0. The van der Waals surface area contributed by atoms with Crippen LogP contribution in [-0.4, -0.2) is 91.4 Å². The molecule has 0 aliphatic heterocycles. The van der Waals surface area contributed by atoms with Crippen LogP contribution in [0.2, 0.25) is 0 Å². The van der Waals surface area contributed by atoms with Crippen LogP contribution in [0.15, 0.2) is 0 Å². The Kier molecular flexibility index (Phi) is 43.5. The van der Waals surface area contributed by atoms with E-state index in [2.05, 4.69) is 37.5 Å². The molecule has 1 rings (SSSR count). The summed E-state index contributed by atoms with van der Waals surface area (Å²) in [6.45, 7) is 14.1. The van der Waals surface area contributed by atoms with E-state index >= 15 is 0 Å². The number of carbonyl (C=O) groups is 2. The molecule has 9 heteroatoms. The van der Waals surface area contributed by atoms with Crippen molar-refractivity contribution in [2.45, 2.75) is 296 Å². The Labute approximate surface area is 414 Å². The molecular formula is C58H112F2N2O5. The molecule has 0 heterocycles. The van der Waals surface area contributed by atoms with Crippen LogP contribution in [0, 0.1) is 11.8 Å². The summed E-state index contributed by atoms with van der Waals surface area (Å²) < 4.78 is 39.9. The lowest BCUT2D eigenvalue weighted by Crippen LogP contribution is -2.45. The average molecular weight is 956 g/mol. The van der Waals surface area contributed by atoms with Gasteiger partial charge in [-0.3, -0.25) is 14.5 Å². The van der Waals surface area contributed by atoms with Gasteiger partial charge in [-0.1, -0.05) is 195 Å². The van der Waals surface area contributed by atoms with Crippen LogP contribution < -0.4 is 0 Å². The second-order valence-electron chi connectivity index (χ2n) is 21.1. The summed E-state index contributed by atoms with van der Waals surface area (Å²) in [7, 11) is 0. The molecule has 0 aromatic heterocycles. The number of aliphatic hydroxyl groups is 1. The molecule has 7 nitrogen and oxygen atoms in total. The Hall–Kier alpha value is -1.32. The quantitative estimate of drug-likeness (QED) is 0.0481. The van der Waals surface area contributed by atoms with E-state index in [1.165, 1.54) is 154 Å². The highest BCUT2D eigenvalue weighted by Crippen LogP contribution is 2.35. The van der Waals surface area contributed by atoms with Crippen LogP contribution >= 0.6 is 0 Å². The van der Waals surface area contributed by atoms with E-state index in [0.717, 1.165) is 90.4 Å². The lowest BCUT2D eigenvalue weighted by Gasteiger charge is -2.37. The first kappa shape index (κ1) is 63.7. The highest BCUT2D eigenvalue weighted by molar-refractivity contribution is 5.69. The average Bonchev–Trinajstić information content (AvgIpc) is 3.32. The number of unbranched alkanes of at least 4 members (excludes halogenated alkanes) is 24. The summed E-state index contributed by atoms with van der Waals surface area (Å²) in [5.74, 6) is -1.74. The van der Waals surface area contributed by atoms with Crippen molar-refractivity contribution >= 4 is 11.9 Å². The first-order valence-electron chi connectivity index (χ1n) is 29.4. The van der Waals surface area contributed by atoms with E-state index in [9.17, 15) is 23.5 Å². The van der Waals surface area contributed by atoms with Gasteiger partial charge in [-0.2, -0.15) is 0 Å². The Morgan fingerprint density at radius 3 is 1.18 bits per heavy atom. The second-order valence-corrected chi connectivity index (χ2v) is 21.1. The van der Waals surface area contributed by atoms with Gasteiger partial charge in [0.15, 0.2) is 0 Å². The molecule has 1 aliphatic carbocycles. The number of hydrogen-bond acceptors (Lipinski definition) is 7. The molecule has 398 valence electrons. The van der Waals surface area contributed by atoms with Crippen molar-refractivity contribution in [2.24, 2.45) is 11.8 Å². The molecule has 67 heavy (non-hydrogen) atoms. The topological polar surface area (TPSA) is 79.3 Å². The minimum atomic E-state index is -2.57. The number of hydrogen-bond donors (Lipinski definition) is 1. The number of halogens is 2. The van der Waals surface area contributed by atoms with Crippen molar-refractivity contribution in [1.29, 1.82) is 0 Å². The smallest absolute Gasteiger partial charge is 0.305 e. The number of nitrogens with zero attached hydrogens (tertiary/aromatic N) is 2. The molecule has 0 atom stereocenters. The number of alkyl halides is 2. The third-order valence-corrected chi connectivity index (χ3v) is 14.8. The summed E-state index contributed by atoms with van der Waals surface area (Å²) in [5, 5.41) is 9.88. The van der Waals surface area contributed by atoms with Gasteiger partial charge in [0.2, 0.25) is 5.92 Å². The third-order valence-electron chi connectivity index (χ3n) is 14.8. The zero-order chi connectivity index (χ0) is 48.9. The van der Waals surface area contributed by atoms with Crippen molar-refractivity contribution in [2.75, 3.05) is 52.5 Å². The highest BCUT2D eigenvalue weighted by atomic mass is 19.3. The molecule has 0 bridgehead atoms. The molecule has 0 radical (unpaired) electrons. The lowest BCUT2D eigenvalue weighted by atomic mass is 9.91. The zero-order valence-electron chi connectivity index (χ0n) is 44.9. The SMILES string of the molecule is CCCCCCCCC(CCCCCCCC)COC(=O)CCCCCN(CCCCCC(=O)OCC(CCCCCCCC)CCCCCCCC)CCN(CCO)C1CCC(F)(F)CC1. The molecule has 1 fully saturated rings. The molecule has 0 spiro atoms. The van der Waals surface area contributed by atoms with Gasteiger partial charge in [0.05, 0.1) is 19.8 Å². The van der Waals surface area contributed by atoms with E-state index in [0.29, 0.717) is 57.3 Å². The van der Waals surface area contributed by atoms with Crippen molar-refractivity contribution in [3.05, 3.63) is 0 Å². The lowest BCUT2D eigenvalue weighted by molar-refractivity contribution is -0.146. The van der Waals surface area contributed by atoms with Crippen molar-refractivity contribution in [1.82, 2.24) is 9.80 Å². The van der Waals surface area contributed by atoms with Crippen LogP contribution in [0.4, 0.5) is 8.78 Å². The number of esters is 2. The Balaban J connectivity index is 2.63. The minimum absolute atomic E-state index is 0.0246. The highest BCUT2D eigenvalue weighted by Gasteiger charge is 2.36. The van der Waals surface area contributed by atoms with Crippen LogP contribution in [0.25, 0.3) is 0 Å². The van der Waals surface area contributed by atoms with Gasteiger partial charge in [0, 0.05) is 51.4 Å². The summed E-state index contributed by atoms with van der Waals surface area (Å²) in [6, 6.07) is 0.0815. The Bertz CT molecular complexity index is 993. The molecule has 0 amide bonds. The Morgan fingerprint density at radius 1 is 0.478 bits per heavy atom. The van der Waals surface area contributed by atoms with Crippen LogP contribution in [-0.2, 0) is 19.1 Å². The zero-order valence-corrected chi connectivity index (χ0v) is 44.9. The fraction of sp³-hybridized carbons (Fsp3) is 0.966. The fourth-order valence-corrected chi connectivity index (χ4v) is 10.2. The first-order valence-corrected chi connectivity index (χ1v) is 29.4. The standard InChI is InChI=1S/C58H112F2N2O5/c1-5-9-13-17-21-27-35-53(36-28-22-18-14-10-6-2)51-66-56(64)39-31-25-33-45-61(47-48-62(49-50-63)55-41-43-58(59,60)44-42-55)46-34-26-32-40-57(65)67-52-54(37-29-23-19-15-11-7-3)38-30-24-20-16-12-8-4/h53-55,63H,5-52H2,1-4H3. The second kappa shape index (κ2) is 45.8. The van der Waals surface area contributed by atoms with Gasteiger partial charge in [0.25, 0.3) is 0 Å². The number of ether oxygens (including phenoxy) is 2. The van der Waals surface area contributed by atoms with E-state index in [1.807, 2.05) is 0 Å². The summed E-state index contributed by atoms with van der Waals surface area (Å²) >= 11 is 0.